The highest BCUT2D eigenvalue weighted by Gasteiger charge is 2.22. The van der Waals surface area contributed by atoms with Gasteiger partial charge < -0.3 is 15.7 Å². The van der Waals surface area contributed by atoms with Gasteiger partial charge in [-0.1, -0.05) is 24.3 Å². The molecule has 0 aliphatic carbocycles. The van der Waals surface area contributed by atoms with Crippen LogP contribution in [-0.2, 0) is 6.54 Å². The van der Waals surface area contributed by atoms with E-state index in [4.69, 9.17) is 0 Å². The second-order valence-corrected chi connectivity index (χ2v) is 8.36. The van der Waals surface area contributed by atoms with Crippen molar-refractivity contribution in [3.8, 4) is 5.75 Å². The molecule has 1 amide bonds. The highest BCUT2D eigenvalue weighted by Crippen LogP contribution is 2.23. The summed E-state index contributed by atoms with van der Waals surface area (Å²) >= 11 is 0. The normalized spacial score (nSPS) is 21.0. The predicted octanol–water partition coefficient (Wildman–Crippen LogP) is 3.25. The summed E-state index contributed by atoms with van der Waals surface area (Å²) in [6.45, 7) is 4.89. The second-order valence-electron chi connectivity index (χ2n) is 8.36. The Hall–Kier alpha value is -2.37. The van der Waals surface area contributed by atoms with Crippen molar-refractivity contribution in [1.82, 2.24) is 15.5 Å². The van der Waals surface area contributed by atoms with Gasteiger partial charge in [0, 0.05) is 37.8 Å². The van der Waals surface area contributed by atoms with Crippen molar-refractivity contribution in [1.29, 1.82) is 0 Å². The third-order valence-corrected chi connectivity index (χ3v) is 6.18. The van der Waals surface area contributed by atoms with Crippen molar-refractivity contribution in [3.63, 3.8) is 0 Å². The van der Waals surface area contributed by atoms with Crippen molar-refractivity contribution < 1.29 is 9.90 Å². The standard InChI is InChI=1S/C24H31N3O2/c28-23-5-1-3-18(15-23)17-27-13-10-22(11-14-27)26-24(29)20-8-6-19(7-9-20)21-4-2-12-25-16-21/h1,3,5-9,15,21-22,25,28H,2,4,10-14,16-17H2,(H,26,29). The molecule has 2 aromatic carbocycles. The topological polar surface area (TPSA) is 64.6 Å². The Bertz CT molecular complexity index is 807. The Morgan fingerprint density at radius 2 is 1.90 bits per heavy atom. The minimum atomic E-state index is 0.0322. The number of phenols is 1. The number of amides is 1. The molecular formula is C24H31N3O2. The molecule has 0 saturated carbocycles. The number of phenolic OH excluding ortho intramolecular Hbond substituents is 1. The minimum Gasteiger partial charge on any atom is -0.508 e. The van der Waals surface area contributed by atoms with Gasteiger partial charge in [-0.2, -0.15) is 0 Å². The molecule has 2 aromatic rings. The van der Waals surface area contributed by atoms with E-state index in [0.717, 1.165) is 56.7 Å². The third-order valence-electron chi connectivity index (χ3n) is 6.18. The van der Waals surface area contributed by atoms with E-state index in [0.29, 0.717) is 11.7 Å². The Labute approximate surface area is 173 Å². The summed E-state index contributed by atoms with van der Waals surface area (Å²) in [6, 6.07) is 15.8. The highest BCUT2D eigenvalue weighted by atomic mass is 16.3. The fraction of sp³-hybridized carbons (Fsp3) is 0.458. The summed E-state index contributed by atoms with van der Waals surface area (Å²) in [6.07, 6.45) is 4.35. The van der Waals surface area contributed by atoms with E-state index in [1.54, 1.807) is 6.07 Å². The lowest BCUT2D eigenvalue weighted by Crippen LogP contribution is -2.44. The van der Waals surface area contributed by atoms with Gasteiger partial charge in [0.1, 0.15) is 5.75 Å². The van der Waals surface area contributed by atoms with Crippen LogP contribution in [0.15, 0.2) is 48.5 Å². The predicted molar refractivity (Wildman–Crippen MR) is 115 cm³/mol. The molecule has 0 spiro atoms. The largest absolute Gasteiger partial charge is 0.508 e. The van der Waals surface area contributed by atoms with Crippen LogP contribution in [0.25, 0.3) is 0 Å². The van der Waals surface area contributed by atoms with E-state index in [9.17, 15) is 9.90 Å². The SMILES string of the molecule is O=C(NC1CCN(Cc2cccc(O)c2)CC1)c1ccc(C2CCCNC2)cc1. The molecule has 154 valence electrons. The van der Waals surface area contributed by atoms with Crippen molar-refractivity contribution in [2.75, 3.05) is 26.2 Å². The lowest BCUT2D eigenvalue weighted by atomic mass is 9.91. The molecule has 29 heavy (non-hydrogen) atoms. The molecule has 0 radical (unpaired) electrons. The molecule has 0 aromatic heterocycles. The van der Waals surface area contributed by atoms with Crippen LogP contribution in [-0.4, -0.2) is 48.1 Å². The van der Waals surface area contributed by atoms with Crippen molar-refractivity contribution in [2.24, 2.45) is 0 Å². The first kappa shape index (κ1) is 19.9. The van der Waals surface area contributed by atoms with E-state index >= 15 is 0 Å². The van der Waals surface area contributed by atoms with Crippen LogP contribution in [0.5, 0.6) is 5.75 Å². The maximum Gasteiger partial charge on any atom is 0.251 e. The summed E-state index contributed by atoms with van der Waals surface area (Å²) in [7, 11) is 0. The molecule has 1 unspecified atom stereocenters. The van der Waals surface area contributed by atoms with Crippen LogP contribution < -0.4 is 10.6 Å². The summed E-state index contributed by atoms with van der Waals surface area (Å²) in [5.41, 5.74) is 3.20. The Balaban J connectivity index is 1.25. The minimum absolute atomic E-state index is 0.0322. The van der Waals surface area contributed by atoms with Gasteiger partial charge in [-0.3, -0.25) is 9.69 Å². The number of rotatable bonds is 5. The summed E-state index contributed by atoms with van der Waals surface area (Å²) in [5, 5.41) is 16.3. The highest BCUT2D eigenvalue weighted by molar-refractivity contribution is 5.94. The number of hydrogen-bond donors (Lipinski definition) is 3. The first-order chi connectivity index (χ1) is 14.2. The molecule has 2 aliphatic rings. The van der Waals surface area contributed by atoms with Crippen molar-refractivity contribution >= 4 is 5.91 Å². The molecule has 1 atom stereocenters. The van der Waals surface area contributed by atoms with E-state index in [-0.39, 0.29) is 11.9 Å². The molecule has 5 heteroatoms. The average Bonchev–Trinajstić information content (AvgIpc) is 2.76. The second kappa shape index (κ2) is 9.42. The van der Waals surface area contributed by atoms with Crippen LogP contribution in [0, 0.1) is 0 Å². The van der Waals surface area contributed by atoms with Crippen LogP contribution in [0.1, 0.15) is 53.1 Å². The Morgan fingerprint density at radius 3 is 2.59 bits per heavy atom. The van der Waals surface area contributed by atoms with Gasteiger partial charge >= 0.3 is 0 Å². The monoisotopic (exact) mass is 393 g/mol. The maximum absolute atomic E-state index is 12.6. The summed E-state index contributed by atoms with van der Waals surface area (Å²) in [4.78, 5) is 15.0. The quantitative estimate of drug-likeness (QED) is 0.730. The first-order valence-electron chi connectivity index (χ1n) is 10.8. The molecule has 4 rings (SSSR count). The zero-order chi connectivity index (χ0) is 20.1. The summed E-state index contributed by atoms with van der Waals surface area (Å²) < 4.78 is 0. The number of benzene rings is 2. The third kappa shape index (κ3) is 5.37. The number of aromatic hydroxyl groups is 1. The average molecular weight is 394 g/mol. The fourth-order valence-corrected chi connectivity index (χ4v) is 4.46. The first-order valence-corrected chi connectivity index (χ1v) is 10.8. The fourth-order valence-electron chi connectivity index (χ4n) is 4.46. The van der Waals surface area contributed by atoms with E-state index in [1.165, 1.54) is 18.4 Å². The number of carbonyl (C=O) groups is 1. The van der Waals surface area contributed by atoms with Gasteiger partial charge in [0.25, 0.3) is 5.91 Å². The maximum atomic E-state index is 12.6. The van der Waals surface area contributed by atoms with E-state index in [2.05, 4.69) is 27.7 Å². The van der Waals surface area contributed by atoms with Crippen LogP contribution in [0.3, 0.4) is 0 Å². The lowest BCUT2D eigenvalue weighted by Gasteiger charge is -2.32. The Kier molecular flexibility index (Phi) is 6.47. The van der Waals surface area contributed by atoms with Gasteiger partial charge in [-0.05, 0) is 73.5 Å². The zero-order valence-corrected chi connectivity index (χ0v) is 16.9. The lowest BCUT2D eigenvalue weighted by molar-refractivity contribution is 0.0909. The number of nitrogens with one attached hydrogen (secondary N) is 2. The zero-order valence-electron chi connectivity index (χ0n) is 16.9. The number of nitrogens with zero attached hydrogens (tertiary/aromatic N) is 1. The van der Waals surface area contributed by atoms with E-state index in [1.807, 2.05) is 30.3 Å². The van der Waals surface area contributed by atoms with Crippen molar-refractivity contribution in [3.05, 3.63) is 65.2 Å². The molecule has 3 N–H and O–H groups in total. The molecule has 0 bridgehead atoms. The van der Waals surface area contributed by atoms with Gasteiger partial charge in [0.15, 0.2) is 0 Å². The van der Waals surface area contributed by atoms with Gasteiger partial charge in [0.05, 0.1) is 0 Å². The van der Waals surface area contributed by atoms with Crippen LogP contribution in [0.2, 0.25) is 0 Å². The molecule has 2 saturated heterocycles. The number of likely N-dealkylation sites (tertiary alicyclic amines) is 1. The smallest absolute Gasteiger partial charge is 0.251 e. The molecular weight excluding hydrogens is 362 g/mol. The molecule has 2 fully saturated rings. The van der Waals surface area contributed by atoms with Crippen molar-refractivity contribution in [2.45, 2.75) is 44.2 Å². The van der Waals surface area contributed by atoms with Crippen LogP contribution >= 0.6 is 0 Å². The number of hydrogen-bond acceptors (Lipinski definition) is 4. The molecule has 2 aliphatic heterocycles. The molecule has 2 heterocycles. The van der Waals surface area contributed by atoms with Gasteiger partial charge in [0.2, 0.25) is 0 Å². The molecule has 5 nitrogen and oxygen atoms in total. The summed E-state index contributed by atoms with van der Waals surface area (Å²) in [5.74, 6) is 0.914. The number of carbonyl (C=O) groups excluding carboxylic acids is 1. The van der Waals surface area contributed by atoms with Gasteiger partial charge in [-0.15, -0.1) is 0 Å². The van der Waals surface area contributed by atoms with Crippen LogP contribution in [0.4, 0.5) is 0 Å². The van der Waals surface area contributed by atoms with E-state index < -0.39 is 0 Å². The Morgan fingerprint density at radius 1 is 1.10 bits per heavy atom. The number of piperidine rings is 2. The van der Waals surface area contributed by atoms with Gasteiger partial charge in [-0.25, -0.2) is 0 Å².